The van der Waals surface area contributed by atoms with Crippen molar-refractivity contribution in [3.05, 3.63) is 272 Å². The zero-order valence-corrected chi connectivity index (χ0v) is 42.7. The molecule has 0 saturated heterocycles. The average molecular weight is 1020 g/mol. The summed E-state index contributed by atoms with van der Waals surface area (Å²) in [7, 11) is 0. The van der Waals surface area contributed by atoms with Crippen LogP contribution in [-0.4, -0.2) is 51.7 Å². The molecule has 8 aromatic carbocycles. The van der Waals surface area contributed by atoms with Crippen LogP contribution in [0.15, 0.2) is 255 Å². The van der Waals surface area contributed by atoms with Crippen molar-refractivity contribution < 1.29 is 0 Å². The number of aromatic nitrogens is 9. The Hall–Kier alpha value is -10.0. The van der Waals surface area contributed by atoms with Crippen molar-refractivity contribution >= 4 is 75.2 Å². The molecule has 0 unspecified atom stereocenters. The van der Waals surface area contributed by atoms with Gasteiger partial charge in [-0.3, -0.25) is 8.97 Å². The van der Waals surface area contributed by atoms with Crippen LogP contribution in [-0.2, 0) is 6.42 Å². The first-order valence-corrected chi connectivity index (χ1v) is 25.9. The molecule has 367 valence electrons. The number of para-hydroxylation sites is 3. The first-order chi connectivity index (χ1) is 38.1. The normalized spacial score (nSPS) is 11.5. The largest absolute Gasteiger partial charge is 0.303 e. The topological polar surface area (TPSA) is 91.1 Å². The summed E-state index contributed by atoms with van der Waals surface area (Å²) < 4.78 is 6.44. The minimum Gasteiger partial charge on any atom is -0.303 e. The van der Waals surface area contributed by atoms with Crippen molar-refractivity contribution in [2.45, 2.75) is 6.42 Å². The molecular formula is C67H44BClN9. The lowest BCUT2D eigenvalue weighted by molar-refractivity contribution is 0.986. The Kier molecular flexibility index (Phi) is 12.4. The van der Waals surface area contributed by atoms with Gasteiger partial charge >= 0.3 is 0 Å². The van der Waals surface area contributed by atoms with Crippen LogP contribution in [0.4, 0.5) is 0 Å². The Morgan fingerprint density at radius 3 is 1.50 bits per heavy atom. The summed E-state index contributed by atoms with van der Waals surface area (Å²) in [5, 5.41) is 3.38. The van der Waals surface area contributed by atoms with Gasteiger partial charge < -0.3 is 4.40 Å². The second kappa shape index (κ2) is 20.3. The van der Waals surface area contributed by atoms with E-state index in [2.05, 4.69) is 187 Å². The fourth-order valence-electron chi connectivity index (χ4n) is 10.6. The first kappa shape index (κ1) is 47.7. The highest BCUT2D eigenvalue weighted by Crippen LogP contribution is 2.37. The van der Waals surface area contributed by atoms with Gasteiger partial charge in [0, 0.05) is 60.1 Å². The maximum Gasteiger partial charge on any atom is 0.237 e. The summed E-state index contributed by atoms with van der Waals surface area (Å²) in [6.45, 7) is 0. The van der Waals surface area contributed by atoms with Gasteiger partial charge in [-0.05, 0) is 81.9 Å². The van der Waals surface area contributed by atoms with Gasteiger partial charge in [-0.1, -0.05) is 200 Å². The van der Waals surface area contributed by atoms with E-state index in [1.165, 1.54) is 39.1 Å². The number of fused-ring (bicyclic) bond motifs is 12. The lowest BCUT2D eigenvalue weighted by Crippen LogP contribution is -2.05. The van der Waals surface area contributed by atoms with Gasteiger partial charge in [-0.25, -0.2) is 29.9 Å². The Morgan fingerprint density at radius 2 is 0.846 bits per heavy atom. The van der Waals surface area contributed by atoms with Crippen molar-refractivity contribution in [2.24, 2.45) is 0 Å². The Morgan fingerprint density at radius 1 is 0.359 bits per heavy atom. The SMILES string of the molecule is Clc1nc(-c2ccc(-c3ccccc3)cc2)c2ccccc2n1.[B].c1ccc(-c2ccc(-c3nc(-n4c5ccccc5c5nc6ccccn6c54)nc4ccccc34)cc2)cc1.c1ccc2c(c1)Cc1c-2nc2ccccn12. The predicted molar refractivity (Wildman–Crippen MR) is 318 cm³/mol. The molecule has 0 N–H and O–H groups in total. The molecule has 9 nitrogen and oxygen atoms in total. The van der Waals surface area contributed by atoms with Crippen LogP contribution in [0.5, 0.6) is 0 Å². The number of imidazole rings is 2. The summed E-state index contributed by atoms with van der Waals surface area (Å²) in [4.78, 5) is 28.6. The highest BCUT2D eigenvalue weighted by molar-refractivity contribution is 6.29. The standard InChI is InChI=1S/C33H21N5.C20H13ClN2.C14H10N2.B/c1-2-10-22(11-3-1)23-17-19-24(20-18-23)30-25-12-4-6-14-27(25)34-33(36-30)38-28-15-7-5-13-26(28)31-32(38)37-21-9-8-16-29(37)35-31;21-20-22-18-9-5-4-8-17(18)19(23-20)16-12-10-15(11-13-16)14-6-2-1-3-7-14;1-2-6-11-10(5-1)9-12-14(11)15-13-7-3-4-8-16(12)13;/h1-21H;1-13H;1-8H,9H2;. The predicted octanol–water partition coefficient (Wildman–Crippen LogP) is 15.9. The molecule has 16 rings (SSSR count). The van der Waals surface area contributed by atoms with Gasteiger partial charge in [0.25, 0.3) is 0 Å². The van der Waals surface area contributed by atoms with E-state index in [1.807, 2.05) is 91.1 Å². The Bertz CT molecular complexity index is 4660. The molecule has 0 fully saturated rings. The number of rotatable bonds is 5. The lowest BCUT2D eigenvalue weighted by atomic mass is 10.0. The molecule has 78 heavy (non-hydrogen) atoms. The Balaban J connectivity index is 0.000000122. The van der Waals surface area contributed by atoms with E-state index >= 15 is 0 Å². The van der Waals surface area contributed by atoms with Crippen LogP contribution in [0.25, 0.3) is 117 Å². The average Bonchev–Trinajstić information content (AvgIpc) is 4.44. The van der Waals surface area contributed by atoms with Gasteiger partial charge in [0.15, 0.2) is 5.65 Å². The molecule has 0 atom stereocenters. The van der Waals surface area contributed by atoms with Gasteiger partial charge in [0.05, 0.1) is 39.3 Å². The quantitative estimate of drug-likeness (QED) is 0.126. The van der Waals surface area contributed by atoms with Crippen molar-refractivity contribution in [1.82, 2.24) is 43.3 Å². The molecule has 3 radical (unpaired) electrons. The summed E-state index contributed by atoms with van der Waals surface area (Å²) >= 11 is 6.08. The van der Waals surface area contributed by atoms with E-state index in [4.69, 9.17) is 31.5 Å². The van der Waals surface area contributed by atoms with E-state index in [0.29, 0.717) is 5.95 Å². The summed E-state index contributed by atoms with van der Waals surface area (Å²) in [5.74, 6) is 0.627. The van der Waals surface area contributed by atoms with Crippen LogP contribution in [0, 0.1) is 0 Å². The van der Waals surface area contributed by atoms with Crippen molar-refractivity contribution in [1.29, 1.82) is 0 Å². The molecule has 15 aromatic rings. The zero-order valence-electron chi connectivity index (χ0n) is 41.9. The molecule has 1 aliphatic carbocycles. The van der Waals surface area contributed by atoms with Gasteiger partial charge in [-0.2, -0.15) is 0 Å². The Labute approximate surface area is 456 Å². The fraction of sp³-hybridized carbons (Fsp3) is 0.0149. The van der Waals surface area contributed by atoms with Gasteiger partial charge in [0.2, 0.25) is 11.2 Å². The number of pyridine rings is 2. The number of benzene rings is 8. The minimum atomic E-state index is 0. The van der Waals surface area contributed by atoms with Crippen LogP contribution >= 0.6 is 11.6 Å². The number of halogens is 1. The third-order valence-electron chi connectivity index (χ3n) is 14.3. The van der Waals surface area contributed by atoms with Gasteiger partial charge in [0.1, 0.15) is 16.8 Å². The zero-order chi connectivity index (χ0) is 51.2. The third kappa shape index (κ3) is 8.60. The van der Waals surface area contributed by atoms with E-state index in [1.54, 1.807) is 0 Å². The lowest BCUT2D eigenvalue weighted by Gasteiger charge is -2.12. The van der Waals surface area contributed by atoms with E-state index in [0.717, 1.165) is 89.8 Å². The molecule has 0 bridgehead atoms. The summed E-state index contributed by atoms with van der Waals surface area (Å²) in [6.07, 6.45) is 5.13. The molecule has 7 aromatic heterocycles. The van der Waals surface area contributed by atoms with Crippen LogP contribution in [0.3, 0.4) is 0 Å². The molecule has 0 saturated carbocycles. The summed E-state index contributed by atoms with van der Waals surface area (Å²) in [6, 6.07) is 82.9. The molecule has 0 spiro atoms. The minimum absolute atomic E-state index is 0. The number of hydrogen-bond donors (Lipinski definition) is 0. The van der Waals surface area contributed by atoms with E-state index in [9.17, 15) is 0 Å². The van der Waals surface area contributed by atoms with Crippen molar-refractivity contribution in [3.63, 3.8) is 0 Å². The molecule has 7 heterocycles. The van der Waals surface area contributed by atoms with Crippen LogP contribution in [0.1, 0.15) is 11.3 Å². The highest BCUT2D eigenvalue weighted by atomic mass is 35.5. The smallest absolute Gasteiger partial charge is 0.237 e. The molecule has 0 aliphatic heterocycles. The van der Waals surface area contributed by atoms with E-state index in [-0.39, 0.29) is 13.7 Å². The third-order valence-corrected chi connectivity index (χ3v) is 14.4. The van der Waals surface area contributed by atoms with E-state index < -0.39 is 0 Å². The molecular weight excluding hydrogens is 977 g/mol. The molecule has 1 aliphatic rings. The maximum absolute atomic E-state index is 6.08. The van der Waals surface area contributed by atoms with Crippen molar-refractivity contribution in [2.75, 3.05) is 0 Å². The monoisotopic (exact) mass is 1020 g/mol. The maximum atomic E-state index is 6.08. The molecule has 0 amide bonds. The highest BCUT2D eigenvalue weighted by Gasteiger charge is 2.24. The number of hydrogen-bond acceptors (Lipinski definition) is 6. The first-order valence-electron chi connectivity index (χ1n) is 25.5. The van der Waals surface area contributed by atoms with Crippen LogP contribution < -0.4 is 0 Å². The van der Waals surface area contributed by atoms with Gasteiger partial charge in [-0.15, -0.1) is 0 Å². The number of nitrogens with zero attached hydrogens (tertiary/aromatic N) is 9. The second-order valence-electron chi connectivity index (χ2n) is 18.9. The fourth-order valence-corrected chi connectivity index (χ4v) is 10.8. The molecule has 11 heteroatoms. The summed E-state index contributed by atoms with van der Waals surface area (Å²) in [5.41, 5.74) is 20.4. The second-order valence-corrected chi connectivity index (χ2v) is 19.2. The van der Waals surface area contributed by atoms with Crippen LogP contribution in [0.2, 0.25) is 5.28 Å². The van der Waals surface area contributed by atoms with Crippen molar-refractivity contribution in [3.8, 4) is 62.0 Å².